The molecule has 3 amide bonds. The second-order valence-electron chi connectivity index (χ2n) is 10.7. The molecule has 0 atom stereocenters. The molecule has 1 aromatic carbocycles. The van der Waals surface area contributed by atoms with E-state index >= 15 is 0 Å². The number of carbonyl (C=O) groups is 3. The van der Waals surface area contributed by atoms with Crippen molar-refractivity contribution in [2.75, 3.05) is 37.7 Å². The van der Waals surface area contributed by atoms with Crippen LogP contribution in [0.1, 0.15) is 64.2 Å². The Hall–Kier alpha value is -2.57. The zero-order valence-electron chi connectivity index (χ0n) is 20.2. The summed E-state index contributed by atoms with van der Waals surface area (Å²) >= 11 is 0. The first kappa shape index (κ1) is 23.2. The van der Waals surface area contributed by atoms with E-state index in [-0.39, 0.29) is 30.2 Å². The molecule has 0 unspecified atom stereocenters. The van der Waals surface area contributed by atoms with E-state index in [1.54, 1.807) is 4.90 Å². The van der Waals surface area contributed by atoms with Crippen molar-refractivity contribution < 1.29 is 14.4 Å². The van der Waals surface area contributed by atoms with Crippen LogP contribution in [0.25, 0.3) is 0 Å². The summed E-state index contributed by atoms with van der Waals surface area (Å²) in [5.41, 5.74) is 0.321. The van der Waals surface area contributed by atoms with Crippen LogP contribution in [0.3, 0.4) is 0 Å². The third-order valence-electron chi connectivity index (χ3n) is 8.59. The molecule has 7 nitrogen and oxygen atoms in total. The zero-order valence-corrected chi connectivity index (χ0v) is 20.2. The smallest absolute Gasteiger partial charge is 0.250 e. The Kier molecular flexibility index (Phi) is 6.79. The number of hydrogen-bond acceptors (Lipinski definition) is 4. The largest absolute Gasteiger partial charge is 0.354 e. The molecule has 1 spiro atoms. The monoisotopic (exact) mass is 466 g/mol. The second-order valence-corrected chi connectivity index (χ2v) is 10.7. The van der Waals surface area contributed by atoms with Gasteiger partial charge in [-0.15, -0.1) is 0 Å². The van der Waals surface area contributed by atoms with Gasteiger partial charge < -0.3 is 20.0 Å². The zero-order chi connectivity index (χ0) is 23.5. The molecule has 2 heterocycles. The molecule has 1 aromatic rings. The van der Waals surface area contributed by atoms with Crippen molar-refractivity contribution in [3.05, 3.63) is 30.3 Å². The van der Waals surface area contributed by atoms with Crippen LogP contribution in [0.4, 0.5) is 5.69 Å². The number of nitrogens with one attached hydrogen (secondary N) is 1. The summed E-state index contributed by atoms with van der Waals surface area (Å²) in [5, 5.41) is 3.09. The number of likely N-dealkylation sites (tertiary alicyclic amines) is 1. The molecule has 4 fully saturated rings. The Balaban J connectivity index is 1.26. The topological polar surface area (TPSA) is 73.0 Å². The molecule has 2 aliphatic heterocycles. The molecule has 7 heteroatoms. The average molecular weight is 467 g/mol. The fraction of sp³-hybridized carbons (Fsp3) is 0.667. The predicted octanol–water partition coefficient (Wildman–Crippen LogP) is 3.15. The minimum Gasteiger partial charge on any atom is -0.354 e. The highest BCUT2D eigenvalue weighted by Crippen LogP contribution is 2.40. The van der Waals surface area contributed by atoms with Crippen LogP contribution in [-0.4, -0.2) is 65.9 Å². The lowest BCUT2D eigenvalue weighted by Crippen LogP contribution is -2.58. The highest BCUT2D eigenvalue weighted by atomic mass is 16.2. The molecule has 0 bridgehead atoms. The SMILES string of the molecule is O=C(CN1CN(c2ccccc2)C2(CCN(C(=O)C3CCC3)CC2)C1=O)NCC1CCCCC1. The summed E-state index contributed by atoms with van der Waals surface area (Å²) < 4.78 is 0. The fourth-order valence-corrected chi connectivity index (χ4v) is 6.21. The van der Waals surface area contributed by atoms with Crippen molar-refractivity contribution in [3.63, 3.8) is 0 Å². The first-order valence-electron chi connectivity index (χ1n) is 13.2. The number of piperidine rings is 1. The molecule has 1 N–H and O–H groups in total. The molecule has 2 saturated carbocycles. The van der Waals surface area contributed by atoms with E-state index in [1.807, 2.05) is 35.2 Å². The third-order valence-corrected chi connectivity index (χ3v) is 8.59. The number of para-hydroxylation sites is 1. The Bertz CT molecular complexity index is 886. The van der Waals surface area contributed by atoms with Crippen molar-refractivity contribution in [1.29, 1.82) is 0 Å². The standard InChI is InChI=1S/C27H38N4O3/c32-24(28-18-21-8-3-1-4-9-21)19-30-20-31(23-12-5-2-6-13-23)27(26(30)34)14-16-29(17-15-27)25(33)22-10-7-11-22/h2,5-6,12-13,21-22H,1,3-4,7-11,14-20H2,(H,28,32). The minimum absolute atomic E-state index is 0.0277. The highest BCUT2D eigenvalue weighted by Gasteiger charge is 2.54. The molecule has 4 aliphatic rings. The molecule has 0 radical (unpaired) electrons. The van der Waals surface area contributed by atoms with Crippen LogP contribution in [0.5, 0.6) is 0 Å². The van der Waals surface area contributed by atoms with Crippen molar-refractivity contribution in [3.8, 4) is 0 Å². The van der Waals surface area contributed by atoms with Gasteiger partial charge >= 0.3 is 0 Å². The fourth-order valence-electron chi connectivity index (χ4n) is 6.21. The number of hydrogen-bond donors (Lipinski definition) is 1. The lowest BCUT2D eigenvalue weighted by Gasteiger charge is -2.44. The van der Waals surface area contributed by atoms with Gasteiger partial charge in [-0.25, -0.2) is 0 Å². The van der Waals surface area contributed by atoms with Gasteiger partial charge in [0.15, 0.2) is 0 Å². The molecular weight excluding hydrogens is 428 g/mol. The maximum absolute atomic E-state index is 13.8. The summed E-state index contributed by atoms with van der Waals surface area (Å²) in [5.74, 6) is 0.970. The van der Waals surface area contributed by atoms with E-state index in [4.69, 9.17) is 0 Å². The van der Waals surface area contributed by atoms with Gasteiger partial charge in [0.2, 0.25) is 11.8 Å². The quantitative estimate of drug-likeness (QED) is 0.699. The van der Waals surface area contributed by atoms with Crippen molar-refractivity contribution in [1.82, 2.24) is 15.1 Å². The van der Waals surface area contributed by atoms with Crippen LogP contribution in [0.2, 0.25) is 0 Å². The number of anilines is 1. The van der Waals surface area contributed by atoms with Gasteiger partial charge in [-0.3, -0.25) is 14.4 Å². The van der Waals surface area contributed by atoms with Gasteiger partial charge in [-0.2, -0.15) is 0 Å². The Morgan fingerprint density at radius 3 is 2.29 bits per heavy atom. The lowest BCUT2D eigenvalue weighted by atomic mass is 9.81. The third kappa shape index (κ3) is 4.53. The first-order chi connectivity index (χ1) is 16.6. The predicted molar refractivity (Wildman–Crippen MR) is 131 cm³/mol. The summed E-state index contributed by atoms with van der Waals surface area (Å²) in [4.78, 5) is 45.2. The summed E-state index contributed by atoms with van der Waals surface area (Å²) in [6.45, 7) is 2.43. The van der Waals surface area contributed by atoms with Crippen molar-refractivity contribution in [2.24, 2.45) is 11.8 Å². The summed E-state index contributed by atoms with van der Waals surface area (Å²) in [7, 11) is 0. The number of nitrogens with zero attached hydrogens (tertiary/aromatic N) is 3. The van der Waals surface area contributed by atoms with Gasteiger partial charge in [0.05, 0.1) is 6.67 Å². The maximum Gasteiger partial charge on any atom is 0.250 e. The molecule has 5 rings (SSSR count). The van der Waals surface area contributed by atoms with Crippen molar-refractivity contribution in [2.45, 2.75) is 69.7 Å². The highest BCUT2D eigenvalue weighted by molar-refractivity contribution is 5.96. The number of amides is 3. The molecule has 184 valence electrons. The molecule has 2 saturated heterocycles. The van der Waals surface area contributed by atoms with E-state index < -0.39 is 5.54 Å². The normalized spacial score (nSPS) is 23.3. The van der Waals surface area contributed by atoms with Crippen LogP contribution in [0.15, 0.2) is 30.3 Å². The average Bonchev–Trinajstić information content (AvgIpc) is 3.09. The van der Waals surface area contributed by atoms with Gasteiger partial charge in [-0.1, -0.05) is 43.9 Å². The van der Waals surface area contributed by atoms with Gasteiger partial charge in [-0.05, 0) is 56.6 Å². The van der Waals surface area contributed by atoms with Gasteiger partial charge in [0, 0.05) is 31.2 Å². The second kappa shape index (κ2) is 9.96. The Morgan fingerprint density at radius 1 is 0.941 bits per heavy atom. The van der Waals surface area contributed by atoms with Crippen LogP contribution >= 0.6 is 0 Å². The number of benzene rings is 1. The minimum atomic E-state index is -0.679. The van der Waals surface area contributed by atoms with E-state index in [2.05, 4.69) is 10.2 Å². The summed E-state index contributed by atoms with van der Waals surface area (Å²) in [6.07, 6.45) is 10.5. The van der Waals surface area contributed by atoms with Crippen LogP contribution in [-0.2, 0) is 14.4 Å². The summed E-state index contributed by atoms with van der Waals surface area (Å²) in [6, 6.07) is 10.0. The number of rotatable bonds is 6. The maximum atomic E-state index is 13.8. The van der Waals surface area contributed by atoms with E-state index in [9.17, 15) is 14.4 Å². The molecule has 2 aliphatic carbocycles. The Labute approximate surface area is 202 Å². The van der Waals surface area contributed by atoms with E-state index in [0.717, 1.165) is 24.9 Å². The van der Waals surface area contributed by atoms with E-state index in [0.29, 0.717) is 45.1 Å². The van der Waals surface area contributed by atoms with Crippen LogP contribution < -0.4 is 10.2 Å². The molecule has 34 heavy (non-hydrogen) atoms. The van der Waals surface area contributed by atoms with E-state index in [1.165, 1.54) is 32.1 Å². The van der Waals surface area contributed by atoms with Gasteiger partial charge in [0.25, 0.3) is 5.91 Å². The number of carbonyl (C=O) groups excluding carboxylic acids is 3. The lowest BCUT2D eigenvalue weighted by molar-refractivity contribution is -0.143. The van der Waals surface area contributed by atoms with Crippen molar-refractivity contribution >= 4 is 23.4 Å². The first-order valence-corrected chi connectivity index (χ1v) is 13.2. The molecule has 0 aromatic heterocycles. The van der Waals surface area contributed by atoms with Crippen LogP contribution in [0, 0.1) is 11.8 Å². The Morgan fingerprint density at radius 2 is 1.65 bits per heavy atom. The molecular formula is C27H38N4O3. The van der Waals surface area contributed by atoms with Gasteiger partial charge in [0.1, 0.15) is 12.1 Å².